The average Bonchev–Trinajstić information content (AvgIpc) is 3.12. The van der Waals surface area contributed by atoms with Crippen LogP contribution in [0.2, 0.25) is 0 Å². The monoisotopic (exact) mass is 728 g/mol. The van der Waals surface area contributed by atoms with Gasteiger partial charge in [-0.15, -0.1) is 0 Å². The summed E-state index contributed by atoms with van der Waals surface area (Å²) in [5.74, 6) is -15.8. The molecule has 0 saturated heterocycles. The lowest BCUT2D eigenvalue weighted by molar-refractivity contribution is -0.117. The number of rotatable bonds is 13. The summed E-state index contributed by atoms with van der Waals surface area (Å²) in [4.78, 5) is 27.5. The van der Waals surface area contributed by atoms with Gasteiger partial charge in [0.1, 0.15) is 36.0 Å². The van der Waals surface area contributed by atoms with Crippen LogP contribution in [-0.2, 0) is 35.3 Å². The summed E-state index contributed by atoms with van der Waals surface area (Å²) in [6.07, 6.45) is -0.0637. The molecular weight excluding hydrogens is 702 g/mol. The van der Waals surface area contributed by atoms with Crippen LogP contribution in [0.25, 0.3) is 0 Å². The summed E-state index contributed by atoms with van der Waals surface area (Å²) in [6.45, 7) is -2.04. The number of amides is 1. The largest absolute Gasteiger partial charge is 0.488 e. The summed E-state index contributed by atoms with van der Waals surface area (Å²) in [6, 6.07) is 24.3. The molecule has 0 heterocycles. The van der Waals surface area contributed by atoms with Crippen LogP contribution in [0.1, 0.15) is 32.6 Å². The number of carboxylic acids is 1. The van der Waals surface area contributed by atoms with Gasteiger partial charge in [-0.3, -0.25) is 9.10 Å². The molecule has 0 aliphatic rings. The molecule has 8 nitrogen and oxygen atoms in total. The molecule has 1 amide bonds. The SMILES string of the molecule is O=C(O)c1ccc(N(Cc2ccc(F)cc2)C(=O)CN(c2c(F)c(F)c(F)c(F)c2F)[SH](=O)=O)c(Cc2ccccc2)c1OCc1ccccc1. The highest BCUT2D eigenvalue weighted by Crippen LogP contribution is 2.38. The second-order valence-electron chi connectivity index (χ2n) is 11.0. The van der Waals surface area contributed by atoms with Crippen molar-refractivity contribution >= 4 is 34.1 Å². The van der Waals surface area contributed by atoms with Crippen molar-refractivity contribution in [1.82, 2.24) is 0 Å². The van der Waals surface area contributed by atoms with Crippen molar-refractivity contribution in [3.8, 4) is 5.75 Å². The van der Waals surface area contributed by atoms with Crippen molar-refractivity contribution in [2.75, 3.05) is 15.7 Å². The van der Waals surface area contributed by atoms with Gasteiger partial charge in [-0.25, -0.2) is 39.6 Å². The fourth-order valence-corrected chi connectivity index (χ4v) is 5.81. The molecular formula is C36H26F6N2O6S. The molecule has 264 valence electrons. The molecule has 0 aliphatic carbocycles. The van der Waals surface area contributed by atoms with Crippen LogP contribution in [0, 0.1) is 34.9 Å². The maximum Gasteiger partial charge on any atom is 0.339 e. The highest BCUT2D eigenvalue weighted by Gasteiger charge is 2.33. The molecule has 0 radical (unpaired) electrons. The lowest BCUT2D eigenvalue weighted by Gasteiger charge is -2.29. The molecule has 5 rings (SSSR count). The number of carboxylic acid groups (broad SMARTS) is 1. The predicted octanol–water partition coefficient (Wildman–Crippen LogP) is 6.96. The minimum absolute atomic E-state index is 0.0558. The van der Waals surface area contributed by atoms with Gasteiger partial charge in [-0.2, -0.15) is 0 Å². The summed E-state index contributed by atoms with van der Waals surface area (Å²) in [5.41, 5.74) is -0.594. The molecule has 0 aliphatic heterocycles. The number of hydrogen-bond donors (Lipinski definition) is 2. The zero-order valence-corrected chi connectivity index (χ0v) is 27.1. The van der Waals surface area contributed by atoms with E-state index in [4.69, 9.17) is 4.74 Å². The Labute approximate surface area is 288 Å². The number of nitrogens with zero attached hydrogens (tertiary/aromatic N) is 2. The molecule has 51 heavy (non-hydrogen) atoms. The van der Waals surface area contributed by atoms with Crippen molar-refractivity contribution in [1.29, 1.82) is 0 Å². The molecule has 5 aromatic carbocycles. The van der Waals surface area contributed by atoms with Gasteiger partial charge in [-0.1, -0.05) is 72.8 Å². The van der Waals surface area contributed by atoms with Gasteiger partial charge in [0.15, 0.2) is 23.3 Å². The van der Waals surface area contributed by atoms with Crippen LogP contribution < -0.4 is 13.9 Å². The van der Waals surface area contributed by atoms with Crippen molar-refractivity contribution < 1.29 is 54.2 Å². The minimum atomic E-state index is -4.20. The van der Waals surface area contributed by atoms with E-state index in [0.29, 0.717) is 11.1 Å². The first-order chi connectivity index (χ1) is 24.4. The van der Waals surface area contributed by atoms with E-state index in [1.807, 2.05) is 0 Å². The normalized spacial score (nSPS) is 11.0. The maximum atomic E-state index is 14.8. The third kappa shape index (κ3) is 8.15. The second kappa shape index (κ2) is 15.8. The number of benzene rings is 5. The topological polar surface area (TPSA) is 104 Å². The molecule has 1 N–H and O–H groups in total. The van der Waals surface area contributed by atoms with E-state index in [-0.39, 0.29) is 45.5 Å². The van der Waals surface area contributed by atoms with Crippen molar-refractivity contribution in [2.24, 2.45) is 0 Å². The van der Waals surface area contributed by atoms with Gasteiger partial charge in [0.25, 0.3) is 0 Å². The van der Waals surface area contributed by atoms with Crippen molar-refractivity contribution in [3.05, 3.63) is 160 Å². The Morgan fingerprint density at radius 2 is 1.22 bits per heavy atom. The molecule has 5 aromatic rings. The van der Waals surface area contributed by atoms with E-state index in [0.717, 1.165) is 23.1 Å². The van der Waals surface area contributed by atoms with Gasteiger partial charge in [0.2, 0.25) is 22.6 Å². The Balaban J connectivity index is 1.69. The zero-order valence-electron chi connectivity index (χ0n) is 26.2. The van der Waals surface area contributed by atoms with Gasteiger partial charge in [0, 0.05) is 12.0 Å². The van der Waals surface area contributed by atoms with E-state index in [1.165, 1.54) is 18.2 Å². The quantitative estimate of drug-likeness (QED) is 0.0589. The van der Waals surface area contributed by atoms with Crippen LogP contribution in [0.5, 0.6) is 5.75 Å². The number of thiol groups is 1. The number of anilines is 2. The number of carbonyl (C=O) groups is 2. The van der Waals surface area contributed by atoms with Crippen molar-refractivity contribution in [3.63, 3.8) is 0 Å². The van der Waals surface area contributed by atoms with Crippen LogP contribution in [0.15, 0.2) is 97.1 Å². The van der Waals surface area contributed by atoms with Crippen LogP contribution in [0.4, 0.5) is 37.7 Å². The highest BCUT2D eigenvalue weighted by atomic mass is 32.2. The number of carbonyl (C=O) groups excluding carboxylic acids is 1. The Morgan fingerprint density at radius 1 is 0.667 bits per heavy atom. The van der Waals surface area contributed by atoms with Crippen LogP contribution in [-0.4, -0.2) is 31.9 Å². The molecule has 0 atom stereocenters. The van der Waals surface area contributed by atoms with Gasteiger partial charge in [0.05, 0.1) is 12.2 Å². The molecule has 0 saturated carbocycles. The predicted molar refractivity (Wildman–Crippen MR) is 175 cm³/mol. The fourth-order valence-electron chi connectivity index (χ4n) is 5.24. The first-order valence-corrected chi connectivity index (χ1v) is 16.1. The molecule has 15 heteroatoms. The summed E-state index contributed by atoms with van der Waals surface area (Å²) in [5, 5.41) is 10.1. The summed E-state index contributed by atoms with van der Waals surface area (Å²) < 4.78 is 116. The van der Waals surface area contributed by atoms with Crippen LogP contribution in [0.3, 0.4) is 0 Å². The summed E-state index contributed by atoms with van der Waals surface area (Å²) >= 11 is 0. The molecule has 0 unspecified atom stereocenters. The van der Waals surface area contributed by atoms with Crippen molar-refractivity contribution in [2.45, 2.75) is 19.6 Å². The lowest BCUT2D eigenvalue weighted by atomic mass is 9.97. The second-order valence-corrected chi connectivity index (χ2v) is 12.0. The van der Waals surface area contributed by atoms with E-state index in [2.05, 4.69) is 0 Å². The van der Waals surface area contributed by atoms with Gasteiger partial charge in [-0.05, 0) is 41.0 Å². The molecule has 0 aromatic heterocycles. The number of aromatic carboxylic acids is 1. The first-order valence-electron chi connectivity index (χ1n) is 14.9. The lowest BCUT2D eigenvalue weighted by Crippen LogP contribution is -2.41. The number of halogens is 6. The fraction of sp³-hybridized carbons (Fsp3) is 0.111. The zero-order chi connectivity index (χ0) is 36.8. The molecule has 0 bridgehead atoms. The first kappa shape index (κ1) is 36.5. The Kier molecular flexibility index (Phi) is 11.3. The smallest absolute Gasteiger partial charge is 0.339 e. The Morgan fingerprint density at radius 3 is 1.76 bits per heavy atom. The third-order valence-electron chi connectivity index (χ3n) is 7.69. The Hall–Kier alpha value is -5.83. The maximum absolute atomic E-state index is 14.8. The van der Waals surface area contributed by atoms with Gasteiger partial charge >= 0.3 is 5.97 Å². The third-order valence-corrected chi connectivity index (χ3v) is 8.42. The summed E-state index contributed by atoms with van der Waals surface area (Å²) in [7, 11) is -4.20. The average molecular weight is 729 g/mol. The van der Waals surface area contributed by atoms with Gasteiger partial charge < -0.3 is 14.7 Å². The number of ether oxygens (including phenoxy) is 1. The Bertz CT molecular complexity index is 2120. The number of hydrogen-bond acceptors (Lipinski definition) is 5. The van der Waals surface area contributed by atoms with E-state index in [1.54, 1.807) is 60.7 Å². The molecule has 0 fully saturated rings. The van der Waals surface area contributed by atoms with E-state index < -0.39 is 76.4 Å². The van der Waals surface area contributed by atoms with E-state index >= 15 is 0 Å². The highest BCUT2D eigenvalue weighted by molar-refractivity contribution is 7.74. The van der Waals surface area contributed by atoms with E-state index in [9.17, 15) is 49.5 Å². The van der Waals surface area contributed by atoms with Crippen LogP contribution >= 0.6 is 0 Å². The minimum Gasteiger partial charge on any atom is -0.488 e. The standard InChI is InChI=1S/C36H26F6N2O6S/c37-24-13-11-22(12-14-24)18-43(28(45)19-44(51(48)49)34-32(41)30(39)29(38)31(40)33(34)42)27-16-15-25(36(46)47)35(50-20-23-9-5-2-6-10-23)26(27)17-21-7-3-1-4-8-21/h1-16,51H,17-20H2,(H,46,47). The molecule has 0 spiro atoms.